The van der Waals surface area contributed by atoms with E-state index in [1.165, 1.54) is 17.2 Å². The minimum atomic E-state index is -0.337. The summed E-state index contributed by atoms with van der Waals surface area (Å²) in [6, 6.07) is 13.6. The van der Waals surface area contributed by atoms with E-state index in [-0.39, 0.29) is 16.3 Å². The van der Waals surface area contributed by atoms with Crippen LogP contribution in [0, 0.1) is 12.7 Å². The van der Waals surface area contributed by atoms with Crippen molar-refractivity contribution >= 4 is 11.6 Å². The Balaban J connectivity index is 1.96. The van der Waals surface area contributed by atoms with Crippen molar-refractivity contribution in [3.05, 3.63) is 70.0 Å². The summed E-state index contributed by atoms with van der Waals surface area (Å²) in [5.41, 5.74) is 3.47. The molecule has 1 saturated heterocycles. The van der Waals surface area contributed by atoms with Crippen molar-refractivity contribution in [3.8, 4) is 0 Å². The number of benzene rings is 2. The monoisotopic (exact) mass is 289 g/mol. The third-order valence-electron chi connectivity index (χ3n) is 4.12. The molecule has 3 heteroatoms. The van der Waals surface area contributed by atoms with Crippen LogP contribution >= 0.6 is 11.6 Å². The Morgan fingerprint density at radius 3 is 2.60 bits per heavy atom. The molecule has 1 aliphatic heterocycles. The lowest BCUT2D eigenvalue weighted by molar-refractivity contribution is 0.274. The first-order valence-electron chi connectivity index (χ1n) is 6.81. The van der Waals surface area contributed by atoms with Gasteiger partial charge in [-0.2, -0.15) is 0 Å². The van der Waals surface area contributed by atoms with Gasteiger partial charge in [0.15, 0.2) is 0 Å². The topological polar surface area (TPSA) is 12.0 Å². The lowest BCUT2D eigenvalue weighted by Gasteiger charge is -2.44. The fourth-order valence-corrected chi connectivity index (χ4v) is 3.08. The van der Waals surface area contributed by atoms with E-state index in [2.05, 4.69) is 36.5 Å². The summed E-state index contributed by atoms with van der Waals surface area (Å²) in [5.74, 6) is -0.337. The van der Waals surface area contributed by atoms with E-state index < -0.39 is 0 Å². The molecule has 1 heterocycles. The molecule has 1 aliphatic rings. The summed E-state index contributed by atoms with van der Waals surface area (Å²) in [5, 5.41) is 3.59. The molecule has 0 unspecified atom stereocenters. The predicted octanol–water partition coefficient (Wildman–Crippen LogP) is 3.87. The number of halogens is 2. The zero-order valence-electron chi connectivity index (χ0n) is 11.4. The molecule has 0 bridgehead atoms. The van der Waals surface area contributed by atoms with Crippen LogP contribution in [0.4, 0.5) is 4.39 Å². The molecule has 3 rings (SSSR count). The van der Waals surface area contributed by atoms with Crippen molar-refractivity contribution in [1.82, 2.24) is 5.32 Å². The second kappa shape index (κ2) is 5.19. The zero-order chi connectivity index (χ0) is 14.2. The maximum Gasteiger partial charge on any atom is 0.142 e. The van der Waals surface area contributed by atoms with E-state index in [1.807, 2.05) is 6.07 Å². The van der Waals surface area contributed by atoms with Crippen molar-refractivity contribution < 1.29 is 4.39 Å². The zero-order valence-corrected chi connectivity index (χ0v) is 12.2. The van der Waals surface area contributed by atoms with Crippen LogP contribution in [0.5, 0.6) is 0 Å². The number of rotatable bonds is 3. The van der Waals surface area contributed by atoms with Crippen LogP contribution in [-0.2, 0) is 11.8 Å². The van der Waals surface area contributed by atoms with E-state index in [0.29, 0.717) is 0 Å². The molecule has 1 N–H and O–H groups in total. The molecule has 1 fully saturated rings. The van der Waals surface area contributed by atoms with Gasteiger partial charge in [0.25, 0.3) is 0 Å². The molecule has 0 aliphatic carbocycles. The lowest BCUT2D eigenvalue weighted by atomic mass is 9.70. The highest BCUT2D eigenvalue weighted by Gasteiger charge is 2.39. The molecule has 2 aromatic carbocycles. The largest absolute Gasteiger partial charge is 0.315 e. The number of hydrogen-bond donors (Lipinski definition) is 1. The summed E-state index contributed by atoms with van der Waals surface area (Å²) in [7, 11) is 0. The van der Waals surface area contributed by atoms with E-state index in [1.54, 1.807) is 6.07 Å². The van der Waals surface area contributed by atoms with Crippen LogP contribution in [0.2, 0.25) is 5.02 Å². The van der Waals surface area contributed by atoms with Gasteiger partial charge in [-0.1, -0.05) is 53.6 Å². The lowest BCUT2D eigenvalue weighted by Crippen LogP contribution is -2.58. The molecule has 0 amide bonds. The van der Waals surface area contributed by atoms with Gasteiger partial charge in [0.2, 0.25) is 0 Å². The molecule has 0 radical (unpaired) electrons. The van der Waals surface area contributed by atoms with Gasteiger partial charge in [0, 0.05) is 18.5 Å². The van der Waals surface area contributed by atoms with Crippen LogP contribution in [0.1, 0.15) is 16.7 Å². The Bertz CT molecular complexity index is 635. The van der Waals surface area contributed by atoms with Gasteiger partial charge in [-0.25, -0.2) is 4.39 Å². The standard InChI is InChI=1S/C17H17ClFN/c1-12-4-2-6-14(8-12)17(10-20-11-17)9-13-5-3-7-15(19)16(13)18/h2-8,20H,9-11H2,1H3. The number of nitrogens with one attached hydrogen (secondary N) is 1. The molecular formula is C17H17ClFN. The molecule has 104 valence electrons. The molecule has 1 nitrogen and oxygen atoms in total. The van der Waals surface area contributed by atoms with Crippen LogP contribution in [0.15, 0.2) is 42.5 Å². The van der Waals surface area contributed by atoms with Gasteiger partial charge in [0.05, 0.1) is 5.02 Å². The first-order chi connectivity index (χ1) is 9.61. The van der Waals surface area contributed by atoms with Gasteiger partial charge in [-0.15, -0.1) is 0 Å². The Morgan fingerprint density at radius 2 is 1.95 bits per heavy atom. The second-order valence-electron chi connectivity index (χ2n) is 5.64. The third-order valence-corrected chi connectivity index (χ3v) is 4.54. The van der Waals surface area contributed by atoms with Crippen LogP contribution in [0.3, 0.4) is 0 Å². The van der Waals surface area contributed by atoms with Gasteiger partial charge >= 0.3 is 0 Å². The normalized spacial score (nSPS) is 16.8. The summed E-state index contributed by atoms with van der Waals surface area (Å²) >= 11 is 6.10. The first-order valence-corrected chi connectivity index (χ1v) is 7.19. The van der Waals surface area contributed by atoms with Crippen LogP contribution in [-0.4, -0.2) is 13.1 Å². The smallest absolute Gasteiger partial charge is 0.142 e. The maximum atomic E-state index is 13.6. The van der Waals surface area contributed by atoms with Crippen molar-refractivity contribution in [2.75, 3.05) is 13.1 Å². The summed E-state index contributed by atoms with van der Waals surface area (Å²) in [4.78, 5) is 0. The predicted molar refractivity (Wildman–Crippen MR) is 80.8 cm³/mol. The molecule has 2 aromatic rings. The van der Waals surface area contributed by atoms with Gasteiger partial charge < -0.3 is 5.32 Å². The Hall–Kier alpha value is -1.38. The maximum absolute atomic E-state index is 13.6. The van der Waals surface area contributed by atoms with E-state index in [0.717, 1.165) is 25.1 Å². The number of hydrogen-bond acceptors (Lipinski definition) is 1. The quantitative estimate of drug-likeness (QED) is 0.904. The Morgan fingerprint density at radius 1 is 1.20 bits per heavy atom. The SMILES string of the molecule is Cc1cccc(C2(Cc3cccc(F)c3Cl)CNC2)c1. The minimum absolute atomic E-state index is 0.0312. The van der Waals surface area contributed by atoms with Gasteiger partial charge in [-0.3, -0.25) is 0 Å². The van der Waals surface area contributed by atoms with Crippen molar-refractivity contribution in [2.24, 2.45) is 0 Å². The Kier molecular flexibility index (Phi) is 3.53. The van der Waals surface area contributed by atoms with Crippen molar-refractivity contribution in [1.29, 1.82) is 0 Å². The van der Waals surface area contributed by atoms with E-state index in [9.17, 15) is 4.39 Å². The van der Waals surface area contributed by atoms with Crippen LogP contribution in [0.25, 0.3) is 0 Å². The first kappa shape index (κ1) is 13.6. The van der Waals surface area contributed by atoms with E-state index >= 15 is 0 Å². The summed E-state index contributed by atoms with van der Waals surface area (Å²) in [6.07, 6.45) is 0.764. The minimum Gasteiger partial charge on any atom is -0.315 e. The molecule has 20 heavy (non-hydrogen) atoms. The highest BCUT2D eigenvalue weighted by atomic mass is 35.5. The molecule has 0 atom stereocenters. The molecule has 0 saturated carbocycles. The third kappa shape index (κ3) is 2.34. The molecular weight excluding hydrogens is 273 g/mol. The van der Waals surface area contributed by atoms with Crippen LogP contribution < -0.4 is 5.32 Å². The van der Waals surface area contributed by atoms with Crippen molar-refractivity contribution in [3.63, 3.8) is 0 Å². The highest BCUT2D eigenvalue weighted by molar-refractivity contribution is 6.31. The number of aryl methyl sites for hydroxylation is 1. The Labute approximate surface area is 123 Å². The van der Waals surface area contributed by atoms with Crippen molar-refractivity contribution in [2.45, 2.75) is 18.8 Å². The molecule has 0 spiro atoms. The fourth-order valence-electron chi connectivity index (χ4n) is 2.88. The fraction of sp³-hybridized carbons (Fsp3) is 0.294. The summed E-state index contributed by atoms with van der Waals surface area (Å²) in [6.45, 7) is 3.91. The average molecular weight is 290 g/mol. The average Bonchev–Trinajstić information content (AvgIpc) is 2.38. The van der Waals surface area contributed by atoms with Gasteiger partial charge in [0.1, 0.15) is 5.82 Å². The summed E-state index contributed by atoms with van der Waals surface area (Å²) < 4.78 is 13.6. The highest BCUT2D eigenvalue weighted by Crippen LogP contribution is 2.35. The van der Waals surface area contributed by atoms with E-state index in [4.69, 9.17) is 11.6 Å². The second-order valence-corrected chi connectivity index (χ2v) is 6.02. The van der Waals surface area contributed by atoms with Gasteiger partial charge in [-0.05, 0) is 30.5 Å². The molecule has 0 aromatic heterocycles.